The number of benzene rings is 1. The van der Waals surface area contributed by atoms with Gasteiger partial charge in [0.15, 0.2) is 0 Å². The van der Waals surface area contributed by atoms with E-state index >= 15 is 0 Å². The Kier molecular flexibility index (Phi) is 7.84. The summed E-state index contributed by atoms with van der Waals surface area (Å²) in [5, 5.41) is 9.77. The van der Waals surface area contributed by atoms with Gasteiger partial charge in [-0.05, 0) is 24.1 Å². The number of hydrogen-bond donors (Lipinski definition) is 2. The Balaban J connectivity index is 2.58. The Morgan fingerprint density at radius 1 is 1.29 bits per heavy atom. The van der Waals surface area contributed by atoms with Crippen LogP contribution in [0, 0.1) is 0 Å². The highest BCUT2D eigenvalue weighted by atomic mass is 32.2. The van der Waals surface area contributed by atoms with Gasteiger partial charge in [-0.1, -0.05) is 19.1 Å². The third-order valence-electron chi connectivity index (χ3n) is 2.91. The summed E-state index contributed by atoms with van der Waals surface area (Å²) >= 11 is 0. The largest absolute Gasteiger partial charge is 0.388 e. The molecular formula is C14H23NO5S. The number of nitrogens with one attached hydrogen (secondary N) is 1. The minimum atomic E-state index is -3.59. The summed E-state index contributed by atoms with van der Waals surface area (Å²) in [6.07, 6.45) is -0.123. The van der Waals surface area contributed by atoms with Gasteiger partial charge < -0.3 is 14.6 Å². The fraction of sp³-hybridized carbons (Fsp3) is 0.571. The SMILES string of the molecule is CCC(O)c1cccc(S(=O)(=O)NCCOCCOC)c1. The normalized spacial score (nSPS) is 13.3. The van der Waals surface area contributed by atoms with Crippen LogP contribution in [-0.4, -0.2) is 47.0 Å². The van der Waals surface area contributed by atoms with Crippen LogP contribution in [0.3, 0.4) is 0 Å². The van der Waals surface area contributed by atoms with Crippen LogP contribution >= 0.6 is 0 Å². The molecule has 0 spiro atoms. The van der Waals surface area contributed by atoms with Crippen LogP contribution in [0.5, 0.6) is 0 Å². The van der Waals surface area contributed by atoms with E-state index in [2.05, 4.69) is 4.72 Å². The minimum absolute atomic E-state index is 0.143. The van der Waals surface area contributed by atoms with Gasteiger partial charge >= 0.3 is 0 Å². The van der Waals surface area contributed by atoms with E-state index in [1.54, 1.807) is 19.2 Å². The summed E-state index contributed by atoms with van der Waals surface area (Å²) in [5.74, 6) is 0. The van der Waals surface area contributed by atoms with Crippen LogP contribution in [0.25, 0.3) is 0 Å². The molecule has 6 nitrogen and oxygen atoms in total. The maximum absolute atomic E-state index is 12.1. The molecule has 1 rings (SSSR count). The van der Waals surface area contributed by atoms with Crippen molar-refractivity contribution in [2.75, 3.05) is 33.5 Å². The molecular weight excluding hydrogens is 294 g/mol. The maximum atomic E-state index is 12.1. The van der Waals surface area contributed by atoms with E-state index in [0.717, 1.165) is 0 Å². The van der Waals surface area contributed by atoms with Crippen molar-refractivity contribution in [3.63, 3.8) is 0 Å². The lowest BCUT2D eigenvalue weighted by Gasteiger charge is -2.11. The van der Waals surface area contributed by atoms with E-state index in [4.69, 9.17) is 9.47 Å². The highest BCUT2D eigenvalue weighted by molar-refractivity contribution is 7.89. The molecule has 0 saturated heterocycles. The van der Waals surface area contributed by atoms with Crippen molar-refractivity contribution in [1.29, 1.82) is 0 Å². The monoisotopic (exact) mass is 317 g/mol. The first-order valence-corrected chi connectivity index (χ1v) is 8.34. The highest BCUT2D eigenvalue weighted by Crippen LogP contribution is 2.19. The lowest BCUT2D eigenvalue weighted by Crippen LogP contribution is -2.28. The molecule has 1 atom stereocenters. The first kappa shape index (κ1) is 18.1. The van der Waals surface area contributed by atoms with Crippen LogP contribution < -0.4 is 4.72 Å². The molecule has 0 bridgehead atoms. The van der Waals surface area contributed by atoms with Crippen molar-refractivity contribution < 1.29 is 23.0 Å². The van der Waals surface area contributed by atoms with Crippen LogP contribution in [0.4, 0.5) is 0 Å². The highest BCUT2D eigenvalue weighted by Gasteiger charge is 2.15. The molecule has 0 aliphatic rings. The lowest BCUT2D eigenvalue weighted by molar-refractivity contribution is 0.0736. The van der Waals surface area contributed by atoms with Gasteiger partial charge in [0.1, 0.15) is 0 Å². The molecule has 1 unspecified atom stereocenters. The fourth-order valence-electron chi connectivity index (χ4n) is 1.70. The number of aliphatic hydroxyl groups is 1. The van der Waals surface area contributed by atoms with Gasteiger partial charge in [0.25, 0.3) is 0 Å². The second-order valence-corrected chi connectivity index (χ2v) is 6.27. The summed E-state index contributed by atoms with van der Waals surface area (Å²) in [7, 11) is -2.02. The first-order chi connectivity index (χ1) is 10.0. The van der Waals surface area contributed by atoms with Gasteiger partial charge in [0.05, 0.1) is 30.8 Å². The fourth-order valence-corrected chi connectivity index (χ4v) is 2.77. The summed E-state index contributed by atoms with van der Waals surface area (Å²) in [6.45, 7) is 3.20. The number of rotatable bonds is 10. The molecule has 1 aromatic carbocycles. The summed E-state index contributed by atoms with van der Waals surface area (Å²) in [5.41, 5.74) is 0.594. The molecule has 0 aliphatic carbocycles. The Morgan fingerprint density at radius 2 is 2.05 bits per heavy atom. The quantitative estimate of drug-likeness (QED) is 0.631. The standard InChI is InChI=1S/C14H23NO5S/c1-3-14(16)12-5-4-6-13(11-12)21(17,18)15-7-8-20-10-9-19-2/h4-6,11,14-16H,3,7-10H2,1-2H3. The Bertz CT molecular complexity index is 518. The molecule has 2 N–H and O–H groups in total. The Morgan fingerprint density at radius 3 is 2.71 bits per heavy atom. The van der Waals surface area contributed by atoms with E-state index in [1.807, 2.05) is 6.92 Å². The molecule has 7 heteroatoms. The van der Waals surface area contributed by atoms with Crippen LogP contribution in [-0.2, 0) is 19.5 Å². The van der Waals surface area contributed by atoms with Crippen LogP contribution in [0.2, 0.25) is 0 Å². The molecule has 0 radical (unpaired) electrons. The average Bonchev–Trinajstić information content (AvgIpc) is 2.50. The molecule has 0 aliphatic heterocycles. The zero-order valence-corrected chi connectivity index (χ0v) is 13.2. The van der Waals surface area contributed by atoms with Crippen molar-refractivity contribution in [3.8, 4) is 0 Å². The molecule has 1 aromatic rings. The van der Waals surface area contributed by atoms with E-state index in [0.29, 0.717) is 25.2 Å². The topological polar surface area (TPSA) is 84.9 Å². The van der Waals surface area contributed by atoms with Crippen LogP contribution in [0.15, 0.2) is 29.2 Å². The predicted octanol–water partition coefficient (Wildman–Crippen LogP) is 1.07. The van der Waals surface area contributed by atoms with E-state index < -0.39 is 16.1 Å². The van der Waals surface area contributed by atoms with Crippen molar-refractivity contribution in [2.45, 2.75) is 24.3 Å². The average molecular weight is 317 g/mol. The lowest BCUT2D eigenvalue weighted by atomic mass is 10.1. The molecule has 0 fully saturated rings. The van der Waals surface area contributed by atoms with Gasteiger partial charge in [-0.25, -0.2) is 13.1 Å². The van der Waals surface area contributed by atoms with Crippen molar-refractivity contribution in [1.82, 2.24) is 4.72 Å². The Hall–Kier alpha value is -0.990. The summed E-state index contributed by atoms with van der Waals surface area (Å²) < 4.78 is 36.7. The Labute approximate surface area is 126 Å². The van der Waals surface area contributed by atoms with E-state index in [9.17, 15) is 13.5 Å². The molecule has 21 heavy (non-hydrogen) atoms. The maximum Gasteiger partial charge on any atom is 0.240 e. The molecule has 0 amide bonds. The zero-order valence-electron chi connectivity index (χ0n) is 12.4. The number of sulfonamides is 1. The molecule has 0 saturated carbocycles. The van der Waals surface area contributed by atoms with Crippen molar-refractivity contribution in [3.05, 3.63) is 29.8 Å². The van der Waals surface area contributed by atoms with Gasteiger partial charge in [0.2, 0.25) is 10.0 Å². The molecule has 0 heterocycles. The summed E-state index contributed by atoms with van der Waals surface area (Å²) in [6, 6.07) is 6.32. The second kappa shape index (κ2) is 9.11. The van der Waals surface area contributed by atoms with Crippen LogP contribution in [0.1, 0.15) is 25.0 Å². The number of ether oxygens (including phenoxy) is 2. The minimum Gasteiger partial charge on any atom is -0.388 e. The molecule has 0 aromatic heterocycles. The van der Waals surface area contributed by atoms with Gasteiger partial charge in [-0.15, -0.1) is 0 Å². The van der Waals surface area contributed by atoms with Crippen molar-refractivity contribution >= 4 is 10.0 Å². The first-order valence-electron chi connectivity index (χ1n) is 6.85. The smallest absolute Gasteiger partial charge is 0.240 e. The number of aliphatic hydroxyl groups excluding tert-OH is 1. The van der Waals surface area contributed by atoms with Gasteiger partial charge in [-0.3, -0.25) is 0 Å². The second-order valence-electron chi connectivity index (χ2n) is 4.50. The predicted molar refractivity (Wildman–Crippen MR) is 79.6 cm³/mol. The number of hydrogen-bond acceptors (Lipinski definition) is 5. The van der Waals surface area contributed by atoms with Gasteiger partial charge in [-0.2, -0.15) is 0 Å². The number of methoxy groups -OCH3 is 1. The van der Waals surface area contributed by atoms with E-state index in [1.165, 1.54) is 12.1 Å². The third kappa shape index (κ3) is 6.11. The van der Waals surface area contributed by atoms with Gasteiger partial charge in [0, 0.05) is 13.7 Å². The van der Waals surface area contributed by atoms with E-state index in [-0.39, 0.29) is 18.0 Å². The van der Waals surface area contributed by atoms with Crippen molar-refractivity contribution in [2.24, 2.45) is 0 Å². The zero-order chi connectivity index (χ0) is 15.7. The molecule has 120 valence electrons. The third-order valence-corrected chi connectivity index (χ3v) is 4.37. The summed E-state index contributed by atoms with van der Waals surface area (Å²) in [4.78, 5) is 0.143.